The van der Waals surface area contributed by atoms with E-state index in [4.69, 9.17) is 14.2 Å². The van der Waals surface area contributed by atoms with Gasteiger partial charge in [-0.25, -0.2) is 0 Å². The minimum Gasteiger partial charge on any atom is -0.493 e. The molecule has 1 amide bonds. The maximum Gasteiger partial charge on any atom is 0.261 e. The Hall–Kier alpha value is -2.69. The van der Waals surface area contributed by atoms with Gasteiger partial charge in [0.2, 0.25) is 0 Å². The molecule has 0 bridgehead atoms. The third-order valence-corrected chi connectivity index (χ3v) is 3.50. The maximum absolute atomic E-state index is 12.2. The molecule has 2 aromatic rings. The first-order valence-electron chi connectivity index (χ1n) is 8.32. The maximum atomic E-state index is 12.2. The summed E-state index contributed by atoms with van der Waals surface area (Å²) in [5.74, 6) is 1.78. The lowest BCUT2D eigenvalue weighted by Gasteiger charge is -2.16. The van der Waals surface area contributed by atoms with Crippen LogP contribution in [-0.4, -0.2) is 25.2 Å². The van der Waals surface area contributed by atoms with Gasteiger partial charge >= 0.3 is 0 Å². The van der Waals surface area contributed by atoms with E-state index in [-0.39, 0.29) is 12.0 Å². The molecule has 0 aromatic heterocycles. The fourth-order valence-corrected chi connectivity index (χ4v) is 2.25. The summed E-state index contributed by atoms with van der Waals surface area (Å²) in [4.78, 5) is 12.2. The van der Waals surface area contributed by atoms with E-state index in [0.717, 1.165) is 11.3 Å². The Morgan fingerprint density at radius 2 is 1.60 bits per heavy atom. The molecule has 134 valence electrons. The zero-order valence-electron chi connectivity index (χ0n) is 15.1. The fourth-order valence-electron chi connectivity index (χ4n) is 2.25. The molecule has 0 aliphatic carbocycles. The van der Waals surface area contributed by atoms with Crippen molar-refractivity contribution in [3.05, 3.63) is 54.1 Å². The Morgan fingerprint density at radius 1 is 0.960 bits per heavy atom. The third kappa shape index (κ3) is 5.71. The van der Waals surface area contributed by atoms with Gasteiger partial charge in [0.1, 0.15) is 5.75 Å². The van der Waals surface area contributed by atoms with Crippen LogP contribution in [0.4, 0.5) is 0 Å². The molecule has 2 aromatic carbocycles. The molecule has 0 unspecified atom stereocenters. The fraction of sp³-hybridized carbons (Fsp3) is 0.350. The first-order valence-corrected chi connectivity index (χ1v) is 8.32. The molecule has 0 spiro atoms. The van der Waals surface area contributed by atoms with Crippen molar-refractivity contribution in [1.82, 2.24) is 5.32 Å². The van der Waals surface area contributed by atoms with E-state index < -0.39 is 6.10 Å². The van der Waals surface area contributed by atoms with Crippen LogP contribution >= 0.6 is 0 Å². The van der Waals surface area contributed by atoms with Crippen LogP contribution in [0.5, 0.6) is 17.2 Å². The second kappa shape index (κ2) is 8.97. The van der Waals surface area contributed by atoms with Crippen molar-refractivity contribution in [3.8, 4) is 17.2 Å². The van der Waals surface area contributed by atoms with Crippen LogP contribution in [0.25, 0.3) is 0 Å². The Labute approximate surface area is 148 Å². The number of carbonyl (C=O) groups excluding carboxylic acids is 1. The number of hydrogen-bond acceptors (Lipinski definition) is 4. The van der Waals surface area contributed by atoms with Crippen molar-refractivity contribution in [2.45, 2.75) is 39.5 Å². The minimum atomic E-state index is -0.625. The van der Waals surface area contributed by atoms with Gasteiger partial charge in [-0.1, -0.05) is 24.3 Å². The molecule has 0 saturated heterocycles. The van der Waals surface area contributed by atoms with E-state index >= 15 is 0 Å². The van der Waals surface area contributed by atoms with E-state index in [2.05, 4.69) is 5.32 Å². The van der Waals surface area contributed by atoms with Crippen LogP contribution in [0.2, 0.25) is 0 Å². The van der Waals surface area contributed by atoms with Crippen LogP contribution in [0, 0.1) is 0 Å². The number of amides is 1. The smallest absolute Gasteiger partial charge is 0.261 e. The molecular formula is C20H25NO4. The van der Waals surface area contributed by atoms with Gasteiger partial charge < -0.3 is 19.5 Å². The lowest BCUT2D eigenvalue weighted by molar-refractivity contribution is -0.127. The summed E-state index contributed by atoms with van der Waals surface area (Å²) < 4.78 is 16.5. The van der Waals surface area contributed by atoms with Crippen LogP contribution in [0.3, 0.4) is 0 Å². The molecule has 1 N–H and O–H groups in total. The number of nitrogens with one attached hydrogen (secondary N) is 1. The molecular weight excluding hydrogens is 318 g/mol. The molecule has 0 aliphatic heterocycles. The molecule has 0 fully saturated rings. The summed E-state index contributed by atoms with van der Waals surface area (Å²) in [7, 11) is 1.57. The van der Waals surface area contributed by atoms with E-state index in [1.807, 2.05) is 50.2 Å². The predicted molar refractivity (Wildman–Crippen MR) is 97.1 cm³/mol. The Bertz CT molecular complexity index is 682. The molecule has 2 rings (SSSR count). The third-order valence-electron chi connectivity index (χ3n) is 3.50. The van der Waals surface area contributed by atoms with E-state index in [0.29, 0.717) is 18.0 Å². The monoisotopic (exact) mass is 343 g/mol. The zero-order valence-corrected chi connectivity index (χ0v) is 15.1. The predicted octanol–water partition coefficient (Wildman–Crippen LogP) is 3.57. The lowest BCUT2D eigenvalue weighted by atomic mass is 10.2. The number of benzene rings is 2. The first kappa shape index (κ1) is 18.6. The summed E-state index contributed by atoms with van der Waals surface area (Å²) >= 11 is 0. The number of methoxy groups -OCH3 is 1. The second-order valence-electron chi connectivity index (χ2n) is 5.94. The molecule has 1 atom stereocenters. The highest BCUT2D eigenvalue weighted by atomic mass is 16.5. The number of ether oxygens (including phenoxy) is 3. The van der Waals surface area contributed by atoms with Gasteiger partial charge in [-0.3, -0.25) is 4.79 Å². The molecule has 0 aliphatic rings. The number of rotatable bonds is 8. The van der Waals surface area contributed by atoms with Crippen molar-refractivity contribution in [2.75, 3.05) is 7.11 Å². The van der Waals surface area contributed by atoms with Gasteiger partial charge in [0.25, 0.3) is 5.91 Å². The highest BCUT2D eigenvalue weighted by molar-refractivity contribution is 5.80. The van der Waals surface area contributed by atoms with Crippen LogP contribution in [0.1, 0.15) is 26.3 Å². The Kier molecular flexibility index (Phi) is 6.69. The molecule has 25 heavy (non-hydrogen) atoms. The van der Waals surface area contributed by atoms with E-state index in [1.54, 1.807) is 26.2 Å². The summed E-state index contributed by atoms with van der Waals surface area (Å²) in [6.45, 7) is 6.11. The van der Waals surface area contributed by atoms with Crippen molar-refractivity contribution < 1.29 is 19.0 Å². The van der Waals surface area contributed by atoms with Crippen LogP contribution in [-0.2, 0) is 11.3 Å². The average Bonchev–Trinajstić information content (AvgIpc) is 2.60. The van der Waals surface area contributed by atoms with Gasteiger partial charge in [0.15, 0.2) is 17.6 Å². The number of para-hydroxylation sites is 2. The second-order valence-corrected chi connectivity index (χ2v) is 5.94. The van der Waals surface area contributed by atoms with E-state index in [1.165, 1.54) is 0 Å². The summed E-state index contributed by atoms with van der Waals surface area (Å²) in [5.41, 5.74) is 0.994. The summed E-state index contributed by atoms with van der Waals surface area (Å²) in [5, 5.41) is 2.87. The minimum absolute atomic E-state index is 0.138. The normalized spacial score (nSPS) is 11.7. The zero-order chi connectivity index (χ0) is 18.2. The number of hydrogen-bond donors (Lipinski definition) is 1. The van der Waals surface area contributed by atoms with Crippen LogP contribution < -0.4 is 19.5 Å². The number of carbonyl (C=O) groups is 1. The largest absolute Gasteiger partial charge is 0.493 e. The first-order chi connectivity index (χ1) is 12.0. The van der Waals surface area contributed by atoms with Gasteiger partial charge in [-0.15, -0.1) is 0 Å². The Balaban J connectivity index is 1.86. The molecule has 5 heteroatoms. The average molecular weight is 343 g/mol. The molecule has 0 saturated carbocycles. The van der Waals surface area contributed by atoms with Gasteiger partial charge in [-0.2, -0.15) is 0 Å². The van der Waals surface area contributed by atoms with E-state index in [9.17, 15) is 4.79 Å². The lowest BCUT2D eigenvalue weighted by Crippen LogP contribution is -2.35. The highest BCUT2D eigenvalue weighted by Crippen LogP contribution is 2.26. The van der Waals surface area contributed by atoms with Crippen LogP contribution in [0.15, 0.2) is 48.5 Å². The topological polar surface area (TPSA) is 56.8 Å². The Morgan fingerprint density at radius 3 is 2.20 bits per heavy atom. The molecule has 0 heterocycles. The van der Waals surface area contributed by atoms with Gasteiger partial charge in [0, 0.05) is 6.54 Å². The van der Waals surface area contributed by atoms with Crippen molar-refractivity contribution in [3.63, 3.8) is 0 Å². The van der Waals surface area contributed by atoms with Crippen molar-refractivity contribution >= 4 is 5.91 Å². The van der Waals surface area contributed by atoms with Gasteiger partial charge in [0.05, 0.1) is 13.2 Å². The molecule has 5 nitrogen and oxygen atoms in total. The van der Waals surface area contributed by atoms with Crippen molar-refractivity contribution in [2.24, 2.45) is 0 Å². The quantitative estimate of drug-likeness (QED) is 0.796. The van der Waals surface area contributed by atoms with Crippen molar-refractivity contribution in [1.29, 1.82) is 0 Å². The SMILES string of the molecule is COc1ccccc1O[C@@H](C)C(=O)NCc1ccc(OC(C)C)cc1. The van der Waals surface area contributed by atoms with Gasteiger partial charge in [-0.05, 0) is 50.6 Å². The summed E-state index contributed by atoms with van der Waals surface area (Å²) in [6, 6.07) is 14.9. The highest BCUT2D eigenvalue weighted by Gasteiger charge is 2.16. The molecule has 0 radical (unpaired) electrons. The standard InChI is InChI=1S/C20H25NO4/c1-14(2)24-17-11-9-16(10-12-17)13-21-20(22)15(3)25-19-8-6-5-7-18(19)23-4/h5-12,14-15H,13H2,1-4H3,(H,21,22)/t15-/m0/s1. The summed E-state index contributed by atoms with van der Waals surface area (Å²) in [6.07, 6.45) is -0.488.